The van der Waals surface area contributed by atoms with Crippen molar-refractivity contribution in [2.75, 3.05) is 31.1 Å². The minimum Gasteiger partial charge on any atom is -0.367 e. The summed E-state index contributed by atoms with van der Waals surface area (Å²) in [6, 6.07) is 15.2. The third kappa shape index (κ3) is 3.89. The summed E-state index contributed by atoms with van der Waals surface area (Å²) < 4.78 is 0. The zero-order chi connectivity index (χ0) is 22.2. The van der Waals surface area contributed by atoms with Crippen LogP contribution in [0.4, 0.5) is 10.5 Å². The molecule has 4 aromatic rings. The summed E-state index contributed by atoms with van der Waals surface area (Å²) in [5.74, 6) is 0. The number of fused-ring (bicyclic) bond motifs is 1. The predicted octanol–water partition coefficient (Wildman–Crippen LogP) is 4.90. The molecule has 0 unspecified atom stereocenters. The number of rotatable bonds is 2. The Morgan fingerprint density at radius 3 is 2.53 bits per heavy atom. The second-order valence-electron chi connectivity index (χ2n) is 7.70. The number of pyridine rings is 1. The summed E-state index contributed by atoms with van der Waals surface area (Å²) in [6.45, 7) is 4.61. The number of carbonyl (C=O) groups excluding carboxylic acids is 1. The number of piperazine rings is 1. The third-order valence-electron chi connectivity index (χ3n) is 5.59. The Kier molecular flexibility index (Phi) is 5.45. The average Bonchev–Trinajstić information content (AvgIpc) is 3.30. The number of halogens is 2. The van der Waals surface area contributed by atoms with Crippen molar-refractivity contribution in [3.8, 4) is 11.3 Å². The fourth-order valence-electron chi connectivity index (χ4n) is 3.96. The Bertz CT molecular complexity index is 1310. The smallest absolute Gasteiger partial charge is 0.362 e. The van der Waals surface area contributed by atoms with Crippen molar-refractivity contribution >= 4 is 45.8 Å². The summed E-state index contributed by atoms with van der Waals surface area (Å²) in [4.78, 5) is 22.8. The van der Waals surface area contributed by atoms with Gasteiger partial charge in [-0.25, -0.2) is 4.79 Å². The van der Waals surface area contributed by atoms with Gasteiger partial charge in [0.1, 0.15) is 5.69 Å². The van der Waals surface area contributed by atoms with Crippen LogP contribution in [0.1, 0.15) is 5.69 Å². The Hall–Kier alpha value is -3.16. The number of anilines is 1. The second kappa shape index (κ2) is 8.41. The van der Waals surface area contributed by atoms with E-state index in [4.69, 9.17) is 23.2 Å². The number of para-hydroxylation sites is 1. The Labute approximate surface area is 195 Å². The minimum atomic E-state index is -0.244. The molecule has 0 N–H and O–H groups in total. The molecule has 0 aliphatic carbocycles. The summed E-state index contributed by atoms with van der Waals surface area (Å²) in [6.07, 6.45) is 1.56. The molecule has 0 radical (unpaired) electrons. The van der Waals surface area contributed by atoms with E-state index in [1.165, 1.54) is 0 Å². The molecule has 0 bridgehead atoms. The first kappa shape index (κ1) is 20.7. The molecule has 7 nitrogen and oxygen atoms in total. The highest BCUT2D eigenvalue weighted by atomic mass is 35.5. The van der Waals surface area contributed by atoms with Crippen molar-refractivity contribution in [2.45, 2.75) is 6.92 Å². The summed E-state index contributed by atoms with van der Waals surface area (Å²) in [5.41, 5.74) is 4.43. The first-order chi connectivity index (χ1) is 15.5. The largest absolute Gasteiger partial charge is 0.367 e. The van der Waals surface area contributed by atoms with Gasteiger partial charge >= 0.3 is 6.03 Å². The van der Waals surface area contributed by atoms with Crippen LogP contribution in [-0.4, -0.2) is 57.1 Å². The molecule has 5 rings (SSSR count). The summed E-state index contributed by atoms with van der Waals surface area (Å²) >= 11 is 12.1. The van der Waals surface area contributed by atoms with Crippen LogP contribution >= 0.6 is 23.2 Å². The number of hydrogen-bond acceptors (Lipinski definition) is 5. The number of nitrogens with zero attached hydrogens (tertiary/aromatic N) is 6. The molecule has 0 atom stereocenters. The van der Waals surface area contributed by atoms with Crippen LogP contribution in [0.15, 0.2) is 54.7 Å². The van der Waals surface area contributed by atoms with Crippen LogP contribution < -0.4 is 4.90 Å². The zero-order valence-electron chi connectivity index (χ0n) is 17.4. The van der Waals surface area contributed by atoms with Gasteiger partial charge in [-0.05, 0) is 31.2 Å². The lowest BCUT2D eigenvalue weighted by Gasteiger charge is -2.36. The molecule has 9 heteroatoms. The Balaban J connectivity index is 1.30. The summed E-state index contributed by atoms with van der Waals surface area (Å²) in [5, 5.41) is 10.5. The fourth-order valence-corrected chi connectivity index (χ4v) is 4.25. The highest BCUT2D eigenvalue weighted by molar-refractivity contribution is 6.42. The van der Waals surface area contributed by atoms with Crippen molar-refractivity contribution in [3.63, 3.8) is 0 Å². The Morgan fingerprint density at radius 2 is 1.75 bits per heavy atom. The van der Waals surface area contributed by atoms with Crippen molar-refractivity contribution in [2.24, 2.45) is 0 Å². The molecular formula is C23H20Cl2N6O. The van der Waals surface area contributed by atoms with Gasteiger partial charge in [-0.1, -0.05) is 52.3 Å². The number of aryl methyl sites for hydroxylation is 1. The molecule has 0 spiro atoms. The molecule has 1 fully saturated rings. The predicted molar refractivity (Wildman–Crippen MR) is 127 cm³/mol. The molecule has 3 heterocycles. The standard InChI is InChI=1S/C23H20Cl2N6O/c1-15-12-22(17-4-2-3-5-20(17)27-15)29-8-10-30(11-9-29)23(32)31-26-14-21(28-31)16-6-7-18(24)19(25)13-16/h2-7,12-14H,8-11H2,1H3. The molecule has 2 aromatic heterocycles. The lowest BCUT2D eigenvalue weighted by molar-refractivity contribution is 0.189. The maximum Gasteiger partial charge on any atom is 0.362 e. The maximum atomic E-state index is 13.0. The topological polar surface area (TPSA) is 67.2 Å². The molecule has 162 valence electrons. The van der Waals surface area contributed by atoms with E-state index in [0.717, 1.165) is 45.7 Å². The highest BCUT2D eigenvalue weighted by Gasteiger charge is 2.25. The monoisotopic (exact) mass is 466 g/mol. The van der Waals surface area contributed by atoms with E-state index in [0.29, 0.717) is 28.8 Å². The molecule has 2 aromatic carbocycles. The molecule has 1 amide bonds. The SMILES string of the molecule is Cc1cc(N2CCN(C(=O)n3ncc(-c4ccc(Cl)c(Cl)c4)n3)CC2)c2ccccc2n1. The molecular weight excluding hydrogens is 447 g/mol. The second-order valence-corrected chi connectivity index (χ2v) is 8.52. The molecule has 1 aliphatic rings. The Morgan fingerprint density at radius 1 is 0.969 bits per heavy atom. The number of amides is 1. The van der Waals surface area contributed by atoms with Crippen LogP contribution in [0.25, 0.3) is 22.2 Å². The number of benzene rings is 2. The minimum absolute atomic E-state index is 0.244. The summed E-state index contributed by atoms with van der Waals surface area (Å²) in [7, 11) is 0. The van der Waals surface area contributed by atoms with Gasteiger partial charge in [0, 0.05) is 48.5 Å². The van der Waals surface area contributed by atoms with Gasteiger partial charge in [-0.15, -0.1) is 5.10 Å². The van der Waals surface area contributed by atoms with Gasteiger partial charge in [0.2, 0.25) is 0 Å². The van der Waals surface area contributed by atoms with E-state index in [1.807, 2.05) is 25.1 Å². The number of aromatic nitrogens is 4. The molecule has 1 saturated heterocycles. The number of hydrogen-bond donors (Lipinski definition) is 0. The van der Waals surface area contributed by atoms with E-state index in [1.54, 1.807) is 29.3 Å². The maximum absolute atomic E-state index is 13.0. The van der Waals surface area contributed by atoms with Crippen molar-refractivity contribution in [1.82, 2.24) is 24.9 Å². The van der Waals surface area contributed by atoms with Gasteiger partial charge in [0.05, 0.1) is 21.8 Å². The zero-order valence-corrected chi connectivity index (χ0v) is 18.9. The first-order valence-electron chi connectivity index (χ1n) is 10.3. The van der Waals surface area contributed by atoms with E-state index < -0.39 is 0 Å². The lowest BCUT2D eigenvalue weighted by atomic mass is 10.1. The van der Waals surface area contributed by atoms with Gasteiger partial charge in [-0.3, -0.25) is 4.98 Å². The van der Waals surface area contributed by atoms with Gasteiger partial charge in [-0.2, -0.15) is 5.10 Å². The van der Waals surface area contributed by atoms with Crippen LogP contribution in [0.3, 0.4) is 0 Å². The van der Waals surface area contributed by atoms with E-state index in [9.17, 15) is 4.79 Å². The van der Waals surface area contributed by atoms with E-state index >= 15 is 0 Å². The van der Waals surface area contributed by atoms with Crippen LogP contribution in [0, 0.1) is 6.92 Å². The van der Waals surface area contributed by atoms with Crippen LogP contribution in [0.5, 0.6) is 0 Å². The van der Waals surface area contributed by atoms with Gasteiger partial charge in [0.15, 0.2) is 0 Å². The molecule has 0 saturated carbocycles. The van der Waals surface area contributed by atoms with Crippen molar-refractivity contribution in [3.05, 3.63) is 70.5 Å². The van der Waals surface area contributed by atoms with Crippen molar-refractivity contribution < 1.29 is 4.79 Å². The fraction of sp³-hybridized carbons (Fsp3) is 0.217. The van der Waals surface area contributed by atoms with Crippen LogP contribution in [-0.2, 0) is 0 Å². The first-order valence-corrected chi connectivity index (χ1v) is 11.0. The molecule has 32 heavy (non-hydrogen) atoms. The van der Waals surface area contributed by atoms with Gasteiger partial charge in [0.25, 0.3) is 0 Å². The normalized spacial score (nSPS) is 14.2. The van der Waals surface area contributed by atoms with E-state index in [-0.39, 0.29) is 6.03 Å². The highest BCUT2D eigenvalue weighted by Crippen LogP contribution is 2.29. The lowest BCUT2D eigenvalue weighted by Crippen LogP contribution is -2.50. The van der Waals surface area contributed by atoms with Crippen LogP contribution in [0.2, 0.25) is 10.0 Å². The average molecular weight is 467 g/mol. The van der Waals surface area contributed by atoms with Crippen molar-refractivity contribution in [1.29, 1.82) is 0 Å². The molecule has 1 aliphatic heterocycles. The third-order valence-corrected chi connectivity index (χ3v) is 6.33. The number of carbonyl (C=O) groups is 1. The quantitative estimate of drug-likeness (QED) is 0.420. The van der Waals surface area contributed by atoms with E-state index in [2.05, 4.69) is 32.2 Å². The van der Waals surface area contributed by atoms with Gasteiger partial charge < -0.3 is 9.80 Å².